The van der Waals surface area contributed by atoms with Crippen LogP contribution in [0.3, 0.4) is 0 Å². The Labute approximate surface area is 182 Å². The average molecular weight is 445 g/mol. The number of benzene rings is 2. The Balaban J connectivity index is 2.05. The van der Waals surface area contributed by atoms with Crippen molar-refractivity contribution in [1.82, 2.24) is 5.32 Å². The van der Waals surface area contributed by atoms with Crippen LogP contribution in [0, 0.1) is 12.3 Å². The van der Waals surface area contributed by atoms with E-state index in [0.717, 1.165) is 4.90 Å². The van der Waals surface area contributed by atoms with E-state index in [1.165, 1.54) is 37.5 Å². The Morgan fingerprint density at radius 1 is 1.17 bits per heavy atom. The second kappa shape index (κ2) is 8.91. The molecule has 0 saturated carbocycles. The molecule has 30 heavy (non-hydrogen) atoms. The van der Waals surface area contributed by atoms with Gasteiger partial charge in [-0.2, -0.15) is 0 Å². The van der Waals surface area contributed by atoms with Gasteiger partial charge in [0.05, 0.1) is 17.8 Å². The predicted octanol–water partition coefficient (Wildman–Crippen LogP) is 3.68. The number of rotatable bonds is 5. The Bertz CT molecular complexity index is 1100. The van der Waals surface area contributed by atoms with E-state index in [-0.39, 0.29) is 39.2 Å². The van der Waals surface area contributed by atoms with Crippen LogP contribution in [0.1, 0.15) is 5.56 Å². The lowest BCUT2D eigenvalue weighted by Gasteiger charge is -2.26. The molecule has 1 aliphatic heterocycles. The van der Waals surface area contributed by atoms with Crippen molar-refractivity contribution < 1.29 is 23.9 Å². The minimum Gasteiger partial charge on any atom is -0.497 e. The summed E-state index contributed by atoms with van der Waals surface area (Å²) in [5.41, 5.74) is 0.198. The topological polar surface area (TPSA) is 84.9 Å². The predicted molar refractivity (Wildman–Crippen MR) is 113 cm³/mol. The number of nitrogens with one attached hydrogen (secondary N) is 1. The lowest BCUT2D eigenvalue weighted by atomic mass is 10.1. The third-order valence-corrected chi connectivity index (χ3v) is 4.57. The molecule has 0 atom stereocenters. The zero-order chi connectivity index (χ0) is 21.8. The van der Waals surface area contributed by atoms with Gasteiger partial charge in [-0.3, -0.25) is 14.9 Å². The van der Waals surface area contributed by atoms with Crippen molar-refractivity contribution in [3.05, 3.63) is 57.6 Å². The maximum absolute atomic E-state index is 13.0. The molecule has 7 nitrogen and oxygen atoms in total. The largest absolute Gasteiger partial charge is 0.497 e. The molecular weight excluding hydrogens is 431 g/mol. The number of ether oxygens (including phenoxy) is 2. The SMILES string of the molecule is C#CCOc1c(Cl)cc(Cl)cc1/C=C1\C(=O)NC(=O)N(c2ccc(OC)cc2)C1=O. The van der Waals surface area contributed by atoms with E-state index < -0.39 is 17.8 Å². The summed E-state index contributed by atoms with van der Waals surface area (Å²) in [6, 6.07) is 8.22. The summed E-state index contributed by atoms with van der Waals surface area (Å²) in [4.78, 5) is 38.5. The number of barbiturate groups is 1. The van der Waals surface area contributed by atoms with Gasteiger partial charge in [0.1, 0.15) is 23.7 Å². The number of hydrogen-bond donors (Lipinski definition) is 1. The number of carbonyl (C=O) groups excluding carboxylic acids is 3. The maximum atomic E-state index is 13.0. The fourth-order valence-electron chi connectivity index (χ4n) is 2.73. The van der Waals surface area contributed by atoms with Gasteiger partial charge in [-0.25, -0.2) is 9.69 Å². The molecule has 0 aliphatic carbocycles. The number of amides is 4. The van der Waals surface area contributed by atoms with Gasteiger partial charge in [0.2, 0.25) is 0 Å². The van der Waals surface area contributed by atoms with Gasteiger partial charge in [-0.05, 0) is 42.5 Å². The highest BCUT2D eigenvalue weighted by molar-refractivity contribution is 6.40. The van der Waals surface area contributed by atoms with Crippen molar-refractivity contribution >= 4 is 52.8 Å². The summed E-state index contributed by atoms with van der Waals surface area (Å²) in [6.07, 6.45) is 6.46. The summed E-state index contributed by atoms with van der Waals surface area (Å²) in [5.74, 6) is 1.31. The highest BCUT2D eigenvalue weighted by Crippen LogP contribution is 2.34. The molecular formula is C21H14Cl2N2O5. The van der Waals surface area contributed by atoms with Crippen molar-refractivity contribution in [1.29, 1.82) is 0 Å². The number of halogens is 2. The van der Waals surface area contributed by atoms with Gasteiger partial charge in [0.25, 0.3) is 11.8 Å². The number of nitrogens with zero attached hydrogens (tertiary/aromatic N) is 1. The molecule has 4 amide bonds. The molecule has 2 aromatic rings. The average Bonchev–Trinajstić information content (AvgIpc) is 2.70. The number of carbonyl (C=O) groups is 3. The Hall–Kier alpha value is -3.47. The van der Waals surface area contributed by atoms with E-state index in [1.54, 1.807) is 12.1 Å². The lowest BCUT2D eigenvalue weighted by Crippen LogP contribution is -2.54. The normalized spacial score (nSPS) is 15.1. The molecule has 152 valence electrons. The molecule has 0 radical (unpaired) electrons. The van der Waals surface area contributed by atoms with Crippen LogP contribution in [0.25, 0.3) is 6.08 Å². The van der Waals surface area contributed by atoms with Gasteiger partial charge < -0.3 is 9.47 Å². The van der Waals surface area contributed by atoms with Crippen molar-refractivity contribution in [3.63, 3.8) is 0 Å². The van der Waals surface area contributed by atoms with Crippen molar-refractivity contribution in [2.75, 3.05) is 18.6 Å². The number of anilines is 1. The Morgan fingerprint density at radius 2 is 1.87 bits per heavy atom. The van der Waals surface area contributed by atoms with Crippen molar-refractivity contribution in [3.8, 4) is 23.8 Å². The molecule has 0 spiro atoms. The van der Waals surface area contributed by atoms with E-state index in [1.807, 2.05) is 0 Å². The van der Waals surface area contributed by atoms with E-state index >= 15 is 0 Å². The minimum atomic E-state index is -0.875. The summed E-state index contributed by atoms with van der Waals surface area (Å²) < 4.78 is 10.5. The summed E-state index contributed by atoms with van der Waals surface area (Å²) >= 11 is 12.2. The van der Waals surface area contributed by atoms with E-state index in [4.69, 9.17) is 39.1 Å². The molecule has 0 unspecified atom stereocenters. The number of imide groups is 2. The van der Waals surface area contributed by atoms with Crippen LogP contribution in [0.2, 0.25) is 10.0 Å². The molecule has 3 rings (SSSR count). The molecule has 9 heteroatoms. The van der Waals surface area contributed by atoms with Gasteiger partial charge in [-0.15, -0.1) is 6.42 Å². The highest BCUT2D eigenvalue weighted by atomic mass is 35.5. The second-order valence-electron chi connectivity index (χ2n) is 5.95. The Kier molecular flexibility index (Phi) is 6.31. The molecule has 1 heterocycles. The fraction of sp³-hybridized carbons (Fsp3) is 0.0952. The molecule has 0 bridgehead atoms. The van der Waals surface area contributed by atoms with Crippen LogP contribution in [0.4, 0.5) is 10.5 Å². The lowest BCUT2D eigenvalue weighted by molar-refractivity contribution is -0.122. The van der Waals surface area contributed by atoms with E-state index in [2.05, 4.69) is 11.2 Å². The monoisotopic (exact) mass is 444 g/mol. The molecule has 2 aromatic carbocycles. The van der Waals surface area contributed by atoms with Crippen LogP contribution < -0.4 is 19.7 Å². The number of terminal acetylenes is 1. The summed E-state index contributed by atoms with van der Waals surface area (Å²) in [5, 5.41) is 2.54. The third-order valence-electron chi connectivity index (χ3n) is 4.07. The van der Waals surface area contributed by atoms with E-state index in [9.17, 15) is 14.4 Å². The zero-order valence-electron chi connectivity index (χ0n) is 15.6. The number of urea groups is 1. The summed E-state index contributed by atoms with van der Waals surface area (Å²) in [7, 11) is 1.49. The van der Waals surface area contributed by atoms with Gasteiger partial charge in [-0.1, -0.05) is 29.1 Å². The maximum Gasteiger partial charge on any atom is 0.335 e. The van der Waals surface area contributed by atoms with Crippen LogP contribution in [0.15, 0.2) is 42.0 Å². The first kappa shape index (κ1) is 21.2. The number of methoxy groups -OCH3 is 1. The molecule has 0 aromatic heterocycles. The standard InChI is InChI=1S/C21H14Cl2N2O5/c1-3-8-30-18-12(9-13(22)11-17(18)23)10-16-19(26)24-21(28)25(20(16)27)14-4-6-15(29-2)7-5-14/h1,4-7,9-11H,8H2,2H3,(H,24,26,28)/b16-10+. The van der Waals surface area contributed by atoms with Crippen LogP contribution >= 0.6 is 23.2 Å². The molecule has 1 aliphatic rings. The zero-order valence-corrected chi connectivity index (χ0v) is 17.1. The highest BCUT2D eigenvalue weighted by Gasteiger charge is 2.37. The molecule has 1 saturated heterocycles. The quantitative estimate of drug-likeness (QED) is 0.431. The summed E-state index contributed by atoms with van der Waals surface area (Å²) in [6.45, 7) is -0.0892. The second-order valence-corrected chi connectivity index (χ2v) is 6.80. The van der Waals surface area contributed by atoms with Gasteiger partial charge >= 0.3 is 6.03 Å². The van der Waals surface area contributed by atoms with E-state index in [0.29, 0.717) is 5.75 Å². The third kappa shape index (κ3) is 4.25. The van der Waals surface area contributed by atoms with Gasteiger partial charge in [0.15, 0.2) is 0 Å². The van der Waals surface area contributed by atoms with Crippen LogP contribution in [-0.2, 0) is 9.59 Å². The number of hydrogen-bond acceptors (Lipinski definition) is 5. The molecule has 1 fully saturated rings. The van der Waals surface area contributed by atoms with Crippen LogP contribution in [0.5, 0.6) is 11.5 Å². The smallest absolute Gasteiger partial charge is 0.335 e. The first-order valence-corrected chi connectivity index (χ1v) is 9.22. The minimum absolute atomic E-state index is 0.0892. The van der Waals surface area contributed by atoms with Crippen molar-refractivity contribution in [2.45, 2.75) is 0 Å². The first-order chi connectivity index (χ1) is 14.3. The fourth-order valence-corrected chi connectivity index (χ4v) is 3.30. The van der Waals surface area contributed by atoms with Crippen LogP contribution in [-0.4, -0.2) is 31.6 Å². The van der Waals surface area contributed by atoms with Gasteiger partial charge in [0, 0.05) is 10.6 Å². The first-order valence-electron chi connectivity index (χ1n) is 8.46. The Morgan fingerprint density at radius 3 is 2.50 bits per heavy atom. The molecule has 1 N–H and O–H groups in total. The van der Waals surface area contributed by atoms with Crippen molar-refractivity contribution in [2.24, 2.45) is 0 Å².